The van der Waals surface area contributed by atoms with Gasteiger partial charge in [-0.25, -0.2) is 0 Å². The van der Waals surface area contributed by atoms with E-state index in [0.29, 0.717) is 45.2 Å². The Kier molecular flexibility index (Phi) is 21.6. The van der Waals surface area contributed by atoms with Crippen molar-refractivity contribution in [2.45, 2.75) is 58.0 Å². The predicted molar refractivity (Wildman–Crippen MR) is 174 cm³/mol. The lowest BCUT2D eigenvalue weighted by Gasteiger charge is -2.18. The Morgan fingerprint density at radius 1 is 0.953 bits per heavy atom. The third-order valence-electron chi connectivity index (χ3n) is 5.34. The van der Waals surface area contributed by atoms with Crippen molar-refractivity contribution in [3.05, 3.63) is 47.8 Å². The molecule has 0 fully saturated rings. The SMILES string of the molecule is CC1=CNS(=S)N1.Cc1ccccc1.NCCCCC(NC(=O)CNC(=O)C(N)CCCN=C(N)N)C(=O)NCC(N)=O. The number of nitrogens with two attached hydrogens (primary N) is 5. The average molecular weight is 642 g/mol. The first-order valence-electron chi connectivity index (χ1n) is 13.6. The van der Waals surface area contributed by atoms with Crippen molar-refractivity contribution in [3.63, 3.8) is 0 Å². The highest BCUT2D eigenvalue weighted by atomic mass is 32.8. The molecule has 0 saturated heterocycles. The number of allylic oxidation sites excluding steroid dienone is 1. The van der Waals surface area contributed by atoms with Crippen molar-refractivity contribution < 1.29 is 19.2 Å². The van der Waals surface area contributed by atoms with Gasteiger partial charge in [0.15, 0.2) is 5.96 Å². The number of primary amides is 1. The standard InChI is InChI=1S/C16H33N9O4.C7H8.C3H6N2S2/c17-6-2-1-5-11(15(29)23-8-12(19)26)25-13(27)9-24-14(28)10(18)4-3-7-22-16(20)21;1-7-5-3-2-4-6-7;1-3-2-4-7(6)5-3/h10-11H,1-9,17-18H2,(H2,19,26)(H,23,29)(H,24,28)(H,25,27)(H4,20,21,22);2-6H,1H3;2,4-5H,1H3. The minimum Gasteiger partial charge on any atom is -0.370 e. The lowest BCUT2D eigenvalue weighted by molar-refractivity contribution is -0.131. The van der Waals surface area contributed by atoms with Crippen molar-refractivity contribution >= 4 is 50.6 Å². The van der Waals surface area contributed by atoms with Gasteiger partial charge in [-0.15, -0.1) is 0 Å². The number of guanidine groups is 1. The molecule has 43 heavy (non-hydrogen) atoms. The van der Waals surface area contributed by atoms with Crippen LogP contribution in [0.1, 0.15) is 44.6 Å². The van der Waals surface area contributed by atoms with E-state index in [1.807, 2.05) is 31.3 Å². The minimum absolute atomic E-state index is 0.0411. The van der Waals surface area contributed by atoms with Gasteiger partial charge in [-0.3, -0.25) is 24.2 Å². The molecule has 15 N–H and O–H groups in total. The lowest BCUT2D eigenvalue weighted by Crippen LogP contribution is -2.51. The second-order valence-corrected chi connectivity index (χ2v) is 11.3. The van der Waals surface area contributed by atoms with Crippen molar-refractivity contribution in [1.82, 2.24) is 25.4 Å². The van der Waals surface area contributed by atoms with E-state index in [1.54, 1.807) is 0 Å². The Bertz CT molecular complexity index is 1080. The Hall–Kier alpha value is -3.80. The lowest BCUT2D eigenvalue weighted by atomic mass is 10.1. The molecule has 17 heteroatoms. The number of unbranched alkanes of at least 4 members (excludes halogenated alkanes) is 1. The van der Waals surface area contributed by atoms with Gasteiger partial charge in [0, 0.05) is 18.4 Å². The van der Waals surface area contributed by atoms with E-state index in [2.05, 4.69) is 49.4 Å². The zero-order chi connectivity index (χ0) is 32.6. The molecule has 0 aromatic heterocycles. The Morgan fingerprint density at radius 3 is 2.07 bits per heavy atom. The first-order chi connectivity index (χ1) is 20.3. The molecule has 3 atom stereocenters. The van der Waals surface area contributed by atoms with Crippen LogP contribution in [0.5, 0.6) is 0 Å². The zero-order valence-electron chi connectivity index (χ0n) is 24.8. The molecule has 242 valence electrons. The molecule has 0 saturated carbocycles. The largest absolute Gasteiger partial charge is 0.370 e. The smallest absolute Gasteiger partial charge is 0.243 e. The van der Waals surface area contributed by atoms with Crippen LogP contribution in [0.4, 0.5) is 0 Å². The highest BCUT2D eigenvalue weighted by Gasteiger charge is 2.21. The van der Waals surface area contributed by atoms with E-state index >= 15 is 0 Å². The van der Waals surface area contributed by atoms with Gasteiger partial charge in [0.1, 0.15) is 6.04 Å². The third kappa shape index (κ3) is 22.5. The summed E-state index contributed by atoms with van der Waals surface area (Å²) in [5, 5.41) is 7.26. The summed E-state index contributed by atoms with van der Waals surface area (Å²) in [6.45, 7) is 4.16. The number of hydrogen-bond donors (Lipinski definition) is 10. The van der Waals surface area contributed by atoms with Crippen LogP contribution in [-0.2, 0) is 40.2 Å². The minimum atomic E-state index is -0.876. The van der Waals surface area contributed by atoms with Crippen LogP contribution >= 0.6 is 0 Å². The molecule has 1 heterocycles. The van der Waals surface area contributed by atoms with Gasteiger partial charge < -0.3 is 54.1 Å². The highest BCUT2D eigenvalue weighted by molar-refractivity contribution is 8.26. The summed E-state index contributed by atoms with van der Waals surface area (Å²) in [6.07, 6.45) is 4.31. The summed E-state index contributed by atoms with van der Waals surface area (Å²) in [4.78, 5) is 50.7. The number of rotatable bonds is 15. The van der Waals surface area contributed by atoms with Gasteiger partial charge >= 0.3 is 0 Å². The fourth-order valence-corrected chi connectivity index (χ4v) is 4.37. The van der Waals surface area contributed by atoms with Crippen LogP contribution in [0.15, 0.2) is 47.2 Å². The number of carbonyl (C=O) groups excluding carboxylic acids is 4. The first-order valence-corrected chi connectivity index (χ1v) is 15.8. The van der Waals surface area contributed by atoms with Crippen LogP contribution in [0.3, 0.4) is 0 Å². The molecule has 4 amide bonds. The number of benzene rings is 1. The number of carbonyl (C=O) groups is 4. The molecule has 1 aliphatic heterocycles. The van der Waals surface area contributed by atoms with E-state index in [9.17, 15) is 19.2 Å². The van der Waals surface area contributed by atoms with E-state index in [-0.39, 0.29) is 28.9 Å². The molecule has 1 aliphatic rings. The summed E-state index contributed by atoms with van der Waals surface area (Å²) in [5.41, 5.74) is 29.0. The Morgan fingerprint density at radius 2 is 1.60 bits per heavy atom. The molecule has 0 bridgehead atoms. The van der Waals surface area contributed by atoms with Crippen LogP contribution in [0.2, 0.25) is 0 Å². The fraction of sp³-hybridized carbons (Fsp3) is 0.500. The summed E-state index contributed by atoms with van der Waals surface area (Å²) >= 11 is 4.83. The highest BCUT2D eigenvalue weighted by Crippen LogP contribution is 2.01. The fourth-order valence-electron chi connectivity index (χ4n) is 3.13. The Labute approximate surface area is 260 Å². The molecule has 2 rings (SSSR count). The molecule has 1 aromatic rings. The van der Waals surface area contributed by atoms with Crippen molar-refractivity contribution in [3.8, 4) is 0 Å². The average Bonchev–Trinajstić information content (AvgIpc) is 3.35. The van der Waals surface area contributed by atoms with Gasteiger partial charge in [0.2, 0.25) is 23.6 Å². The van der Waals surface area contributed by atoms with Crippen LogP contribution < -0.4 is 54.1 Å². The number of hydrogen-bond acceptors (Lipinski definition) is 8. The van der Waals surface area contributed by atoms with E-state index in [1.165, 1.54) is 5.56 Å². The monoisotopic (exact) mass is 641 g/mol. The van der Waals surface area contributed by atoms with Gasteiger partial charge in [-0.1, -0.05) is 35.9 Å². The van der Waals surface area contributed by atoms with E-state index < -0.39 is 35.7 Å². The molecule has 3 unspecified atom stereocenters. The second-order valence-electron chi connectivity index (χ2n) is 9.33. The van der Waals surface area contributed by atoms with Crippen molar-refractivity contribution in [2.24, 2.45) is 33.7 Å². The number of nitrogens with one attached hydrogen (secondary N) is 5. The van der Waals surface area contributed by atoms with Crippen LogP contribution in [-0.4, -0.2) is 67.9 Å². The summed E-state index contributed by atoms with van der Waals surface area (Å²) in [6, 6.07) is 8.56. The Balaban J connectivity index is 0.00000100. The van der Waals surface area contributed by atoms with E-state index in [4.69, 9.17) is 39.9 Å². The maximum absolute atomic E-state index is 12.1. The summed E-state index contributed by atoms with van der Waals surface area (Å²) < 4.78 is 5.95. The van der Waals surface area contributed by atoms with Gasteiger partial charge in [0.25, 0.3) is 0 Å². The van der Waals surface area contributed by atoms with Crippen molar-refractivity contribution in [1.29, 1.82) is 0 Å². The molecule has 0 radical (unpaired) electrons. The molecule has 1 aromatic carbocycles. The molecule has 15 nitrogen and oxygen atoms in total. The summed E-state index contributed by atoms with van der Waals surface area (Å²) in [7, 11) is -0.212. The number of amides is 4. The summed E-state index contributed by atoms with van der Waals surface area (Å²) in [5.74, 6) is -2.37. The topological polar surface area (TPSA) is 271 Å². The second kappa shape index (κ2) is 23.7. The van der Waals surface area contributed by atoms with Gasteiger partial charge in [0.05, 0.1) is 29.0 Å². The maximum atomic E-state index is 12.1. The number of aliphatic imine (C=N–C) groups is 1. The molecular weight excluding hydrogens is 594 g/mol. The van der Waals surface area contributed by atoms with Crippen LogP contribution in [0.25, 0.3) is 0 Å². The quantitative estimate of drug-likeness (QED) is 0.0550. The van der Waals surface area contributed by atoms with Crippen molar-refractivity contribution in [2.75, 3.05) is 26.2 Å². The van der Waals surface area contributed by atoms with E-state index in [0.717, 1.165) is 5.70 Å². The maximum Gasteiger partial charge on any atom is 0.243 e. The molecule has 0 spiro atoms. The van der Waals surface area contributed by atoms with Gasteiger partial charge in [-0.05, 0) is 63.7 Å². The van der Waals surface area contributed by atoms with Gasteiger partial charge in [-0.2, -0.15) is 0 Å². The number of nitrogens with zero attached hydrogens (tertiary/aromatic N) is 1. The van der Waals surface area contributed by atoms with Crippen LogP contribution in [0, 0.1) is 6.92 Å². The normalized spacial score (nSPS) is 14.3. The molecular formula is C26H47N11O4S2. The molecule has 0 aliphatic carbocycles. The first kappa shape index (κ1) is 39.2. The zero-order valence-corrected chi connectivity index (χ0v) is 26.4. The third-order valence-corrected chi connectivity index (χ3v) is 6.72. The predicted octanol–water partition coefficient (Wildman–Crippen LogP) is -2.36. The number of aryl methyl sites for hydroxylation is 1.